The molecule has 5 nitrogen and oxygen atoms in total. The zero-order chi connectivity index (χ0) is 13.4. The van der Waals surface area contributed by atoms with Crippen LogP contribution in [-0.4, -0.2) is 26.2 Å². The monoisotopic (exact) mass is 254 g/mol. The van der Waals surface area contributed by atoms with Gasteiger partial charge in [-0.3, -0.25) is 4.98 Å². The molecule has 1 aromatic carbocycles. The first-order chi connectivity index (χ1) is 9.13. The Kier molecular flexibility index (Phi) is 2.45. The van der Waals surface area contributed by atoms with Gasteiger partial charge in [-0.1, -0.05) is 0 Å². The van der Waals surface area contributed by atoms with Gasteiger partial charge >= 0.3 is 5.97 Å². The molecule has 0 atom stereocenters. The molecule has 0 saturated carbocycles. The van der Waals surface area contributed by atoms with Gasteiger partial charge in [0.15, 0.2) is 0 Å². The summed E-state index contributed by atoms with van der Waals surface area (Å²) in [6.45, 7) is 0. The predicted octanol–water partition coefficient (Wildman–Crippen LogP) is 2.63. The van der Waals surface area contributed by atoms with E-state index in [-0.39, 0.29) is 11.3 Å². The highest BCUT2D eigenvalue weighted by atomic mass is 16.4. The van der Waals surface area contributed by atoms with E-state index in [9.17, 15) is 9.90 Å². The Morgan fingerprint density at radius 1 is 1.16 bits per heavy atom. The second kappa shape index (κ2) is 4.13. The summed E-state index contributed by atoms with van der Waals surface area (Å²) in [5.74, 6) is -0.810. The number of carbonyl (C=O) groups is 1. The zero-order valence-corrected chi connectivity index (χ0v) is 9.79. The van der Waals surface area contributed by atoms with Gasteiger partial charge in [-0.2, -0.15) is 0 Å². The van der Waals surface area contributed by atoms with Crippen molar-refractivity contribution in [2.75, 3.05) is 0 Å². The molecule has 0 fully saturated rings. The van der Waals surface area contributed by atoms with E-state index in [0.717, 1.165) is 16.6 Å². The SMILES string of the molecule is O=C(O)c1ccc(-c2cc3ccc(O)cc3[nH]2)nc1. The molecular weight excluding hydrogens is 244 g/mol. The van der Waals surface area contributed by atoms with Gasteiger partial charge < -0.3 is 15.2 Å². The van der Waals surface area contributed by atoms with E-state index in [0.29, 0.717) is 5.69 Å². The van der Waals surface area contributed by atoms with Crippen LogP contribution >= 0.6 is 0 Å². The molecule has 0 bridgehead atoms. The summed E-state index contributed by atoms with van der Waals surface area (Å²) in [5.41, 5.74) is 2.38. The Labute approximate surface area is 108 Å². The van der Waals surface area contributed by atoms with Crippen LogP contribution in [0.4, 0.5) is 0 Å². The molecule has 0 aliphatic rings. The minimum Gasteiger partial charge on any atom is -0.508 e. The molecule has 2 aromatic heterocycles. The lowest BCUT2D eigenvalue weighted by atomic mass is 10.2. The van der Waals surface area contributed by atoms with Crippen LogP contribution in [0.1, 0.15) is 10.4 Å². The predicted molar refractivity (Wildman–Crippen MR) is 70.2 cm³/mol. The standard InChI is InChI=1S/C14H10N2O3/c17-10-3-1-8-5-13(16-12(8)6-10)11-4-2-9(7-15-11)14(18)19/h1-7,16-17H,(H,18,19). The number of nitrogens with zero attached hydrogens (tertiary/aromatic N) is 1. The Balaban J connectivity index is 2.06. The molecule has 0 aliphatic carbocycles. The number of aromatic amines is 1. The molecule has 3 rings (SSSR count). The molecule has 0 radical (unpaired) electrons. The summed E-state index contributed by atoms with van der Waals surface area (Å²) < 4.78 is 0. The quantitative estimate of drug-likeness (QED) is 0.656. The Morgan fingerprint density at radius 3 is 2.68 bits per heavy atom. The number of carboxylic acids is 1. The normalized spacial score (nSPS) is 10.7. The van der Waals surface area contributed by atoms with Crippen LogP contribution in [0, 0.1) is 0 Å². The number of H-pyrrole nitrogens is 1. The maximum absolute atomic E-state index is 10.8. The van der Waals surface area contributed by atoms with E-state index in [4.69, 9.17) is 5.11 Å². The van der Waals surface area contributed by atoms with E-state index < -0.39 is 5.97 Å². The third-order valence-corrected chi connectivity index (χ3v) is 2.89. The number of phenols is 1. The second-order valence-electron chi connectivity index (χ2n) is 4.19. The number of fused-ring (bicyclic) bond motifs is 1. The molecule has 94 valence electrons. The Morgan fingerprint density at radius 2 is 2.00 bits per heavy atom. The highest BCUT2D eigenvalue weighted by molar-refractivity contribution is 5.88. The average molecular weight is 254 g/mol. The number of pyridine rings is 1. The summed E-state index contributed by atoms with van der Waals surface area (Å²) >= 11 is 0. The van der Waals surface area contributed by atoms with E-state index >= 15 is 0 Å². The molecule has 0 spiro atoms. The van der Waals surface area contributed by atoms with E-state index in [1.54, 1.807) is 24.3 Å². The van der Waals surface area contributed by atoms with Gasteiger partial charge in [-0.15, -0.1) is 0 Å². The maximum atomic E-state index is 10.8. The van der Waals surface area contributed by atoms with Gasteiger partial charge in [0.1, 0.15) is 5.75 Å². The Hall–Kier alpha value is -2.82. The summed E-state index contributed by atoms with van der Waals surface area (Å²) in [6.07, 6.45) is 1.32. The lowest BCUT2D eigenvalue weighted by Crippen LogP contribution is -1.97. The largest absolute Gasteiger partial charge is 0.508 e. The topological polar surface area (TPSA) is 86.2 Å². The fourth-order valence-electron chi connectivity index (χ4n) is 1.93. The highest BCUT2D eigenvalue weighted by Gasteiger charge is 2.07. The summed E-state index contributed by atoms with van der Waals surface area (Å²) in [4.78, 5) is 18.0. The van der Waals surface area contributed by atoms with Gasteiger partial charge in [0, 0.05) is 23.2 Å². The van der Waals surface area contributed by atoms with Crippen LogP contribution in [0.25, 0.3) is 22.3 Å². The zero-order valence-electron chi connectivity index (χ0n) is 9.79. The maximum Gasteiger partial charge on any atom is 0.337 e. The number of phenolic OH excluding ortho intramolecular Hbond substituents is 1. The molecule has 5 heteroatoms. The summed E-state index contributed by atoms with van der Waals surface area (Å²) in [7, 11) is 0. The first-order valence-electron chi connectivity index (χ1n) is 5.65. The number of hydrogen-bond acceptors (Lipinski definition) is 3. The number of benzene rings is 1. The summed E-state index contributed by atoms with van der Waals surface area (Å²) in [6, 6.07) is 10.1. The summed E-state index contributed by atoms with van der Waals surface area (Å²) in [5, 5.41) is 19.2. The van der Waals surface area contributed by atoms with Gasteiger partial charge in [-0.25, -0.2) is 4.79 Å². The number of hydrogen-bond donors (Lipinski definition) is 3. The van der Waals surface area contributed by atoms with Crippen molar-refractivity contribution in [3.63, 3.8) is 0 Å². The smallest absolute Gasteiger partial charge is 0.337 e. The average Bonchev–Trinajstić information content (AvgIpc) is 2.81. The van der Waals surface area contributed by atoms with Crippen LogP contribution in [0.15, 0.2) is 42.6 Å². The van der Waals surface area contributed by atoms with Crippen molar-refractivity contribution in [3.8, 4) is 17.1 Å². The first kappa shape index (κ1) is 11.3. The van der Waals surface area contributed by atoms with Crippen molar-refractivity contribution in [1.82, 2.24) is 9.97 Å². The van der Waals surface area contributed by atoms with Crippen molar-refractivity contribution in [2.45, 2.75) is 0 Å². The van der Waals surface area contributed by atoms with Gasteiger partial charge in [0.2, 0.25) is 0 Å². The third kappa shape index (κ3) is 2.01. The molecule has 3 N–H and O–H groups in total. The fraction of sp³-hybridized carbons (Fsp3) is 0. The van der Waals surface area contributed by atoms with Crippen LogP contribution in [0.3, 0.4) is 0 Å². The number of carboxylic acid groups (broad SMARTS) is 1. The van der Waals surface area contributed by atoms with Crippen molar-refractivity contribution in [1.29, 1.82) is 0 Å². The fourth-order valence-corrected chi connectivity index (χ4v) is 1.93. The van der Waals surface area contributed by atoms with E-state index in [1.165, 1.54) is 12.3 Å². The minimum absolute atomic E-state index is 0.150. The molecule has 0 saturated heterocycles. The molecule has 2 heterocycles. The molecular formula is C14H10N2O3. The number of aromatic nitrogens is 2. The van der Waals surface area contributed by atoms with Crippen LogP contribution in [-0.2, 0) is 0 Å². The lowest BCUT2D eigenvalue weighted by molar-refractivity contribution is 0.0696. The molecule has 0 unspecified atom stereocenters. The van der Waals surface area contributed by atoms with E-state index in [1.807, 2.05) is 6.07 Å². The van der Waals surface area contributed by atoms with Gasteiger partial charge in [0.05, 0.1) is 17.0 Å². The molecule has 3 aromatic rings. The first-order valence-corrected chi connectivity index (χ1v) is 5.65. The minimum atomic E-state index is -0.999. The van der Waals surface area contributed by atoms with Crippen molar-refractivity contribution in [2.24, 2.45) is 0 Å². The van der Waals surface area contributed by atoms with Crippen LogP contribution < -0.4 is 0 Å². The third-order valence-electron chi connectivity index (χ3n) is 2.89. The van der Waals surface area contributed by atoms with Crippen molar-refractivity contribution in [3.05, 3.63) is 48.2 Å². The number of aromatic carboxylic acids is 1. The van der Waals surface area contributed by atoms with Crippen LogP contribution in [0.2, 0.25) is 0 Å². The molecule has 0 aliphatic heterocycles. The van der Waals surface area contributed by atoms with E-state index in [2.05, 4.69) is 9.97 Å². The van der Waals surface area contributed by atoms with Crippen molar-refractivity contribution < 1.29 is 15.0 Å². The number of nitrogens with one attached hydrogen (secondary N) is 1. The highest BCUT2D eigenvalue weighted by Crippen LogP contribution is 2.25. The van der Waals surface area contributed by atoms with Crippen molar-refractivity contribution >= 4 is 16.9 Å². The Bertz CT molecular complexity index is 760. The van der Waals surface area contributed by atoms with Gasteiger partial charge in [0.25, 0.3) is 0 Å². The second-order valence-corrected chi connectivity index (χ2v) is 4.19. The lowest BCUT2D eigenvalue weighted by Gasteiger charge is -1.97. The molecule has 19 heavy (non-hydrogen) atoms. The van der Waals surface area contributed by atoms with Crippen LogP contribution in [0.5, 0.6) is 5.75 Å². The number of aromatic hydroxyl groups is 1. The van der Waals surface area contributed by atoms with Gasteiger partial charge in [-0.05, 0) is 30.3 Å². The number of rotatable bonds is 2. The molecule has 0 amide bonds.